The third-order valence-corrected chi connectivity index (χ3v) is 12.8. The molecule has 0 radical (unpaired) electrons. The summed E-state index contributed by atoms with van der Waals surface area (Å²) in [6.07, 6.45) is 70.6. The van der Waals surface area contributed by atoms with E-state index in [1.54, 1.807) is 0 Å². The minimum atomic E-state index is -0.787. The van der Waals surface area contributed by atoms with E-state index in [2.05, 4.69) is 81.5 Å². The fourth-order valence-electron chi connectivity index (χ4n) is 8.32. The summed E-state index contributed by atoms with van der Waals surface area (Å²) in [6, 6.07) is 0. The monoisotopic (exact) mass is 951 g/mol. The number of rotatable bonds is 53. The summed E-state index contributed by atoms with van der Waals surface area (Å²) in [6.45, 7) is 6.61. The lowest BCUT2D eigenvalue weighted by atomic mass is 10.1. The van der Waals surface area contributed by atoms with Gasteiger partial charge in [-0.15, -0.1) is 0 Å². The molecular weight excluding hydrogens is 841 g/mol. The Morgan fingerprint density at radius 2 is 0.544 bits per heavy atom. The molecule has 0 heterocycles. The second-order valence-corrected chi connectivity index (χ2v) is 19.6. The van der Waals surface area contributed by atoms with Gasteiger partial charge in [0.2, 0.25) is 0 Å². The van der Waals surface area contributed by atoms with Crippen LogP contribution in [0.5, 0.6) is 0 Å². The fourth-order valence-corrected chi connectivity index (χ4v) is 8.32. The molecule has 0 amide bonds. The molecule has 1 atom stereocenters. The molecule has 0 aliphatic heterocycles. The van der Waals surface area contributed by atoms with Crippen molar-refractivity contribution in [3.05, 3.63) is 60.8 Å². The molecule has 0 aromatic heterocycles. The third-order valence-electron chi connectivity index (χ3n) is 12.8. The number of unbranched alkanes of at least 4 members (excludes halogenated alkanes) is 34. The highest BCUT2D eigenvalue weighted by Gasteiger charge is 2.19. The number of carbonyl (C=O) groups excluding carboxylic acids is 3. The first-order chi connectivity index (χ1) is 33.5. The van der Waals surface area contributed by atoms with Crippen molar-refractivity contribution in [1.29, 1.82) is 0 Å². The van der Waals surface area contributed by atoms with Crippen molar-refractivity contribution in [3.63, 3.8) is 0 Å². The van der Waals surface area contributed by atoms with E-state index in [0.717, 1.165) is 77.0 Å². The molecule has 0 aromatic carbocycles. The van der Waals surface area contributed by atoms with E-state index in [4.69, 9.17) is 14.2 Å². The standard InChI is InChI=1S/C62H110O6/c1-4-7-10-13-16-19-22-25-28-30-32-34-37-40-43-46-49-52-55-61(64)67-58-59(57-66-60(63)54-51-48-45-42-39-36-33-27-24-21-18-15-12-9-6-3)68-62(65)56-53-50-47-44-41-38-35-31-29-26-23-20-17-14-11-8-5-2/h21-22,24-26,28-30,32,34,59H,4-20,23,27,31,33,35-58H2,1-3H3/b24-21-,25-22-,29-26-,30-28-,34-32-. The quantitative estimate of drug-likeness (QED) is 0.0199. The van der Waals surface area contributed by atoms with E-state index in [1.807, 2.05) is 0 Å². The van der Waals surface area contributed by atoms with Crippen LogP contribution in [0, 0.1) is 0 Å². The first-order valence-corrected chi connectivity index (χ1v) is 29.3. The van der Waals surface area contributed by atoms with Gasteiger partial charge >= 0.3 is 17.9 Å². The summed E-state index contributed by atoms with van der Waals surface area (Å²) in [7, 11) is 0. The first-order valence-electron chi connectivity index (χ1n) is 29.3. The number of esters is 3. The Morgan fingerprint density at radius 3 is 0.868 bits per heavy atom. The predicted molar refractivity (Wildman–Crippen MR) is 293 cm³/mol. The van der Waals surface area contributed by atoms with Gasteiger partial charge in [0, 0.05) is 19.3 Å². The average molecular weight is 952 g/mol. The SMILES string of the molecule is CCCCCC/C=C\CCCCCCCCCC(=O)OCC(COC(=O)CCCCCCC\C=C/C=C\C=C/CCCCCCC)OC(=O)CCCCCCCCC/C=C\CCCCCCCC. The topological polar surface area (TPSA) is 78.9 Å². The van der Waals surface area contributed by atoms with Gasteiger partial charge in [-0.2, -0.15) is 0 Å². The molecule has 1 unspecified atom stereocenters. The number of hydrogen-bond donors (Lipinski definition) is 0. The Kier molecular flexibility index (Phi) is 54.3. The van der Waals surface area contributed by atoms with Gasteiger partial charge < -0.3 is 14.2 Å². The Labute approximate surface area is 421 Å². The molecule has 0 saturated carbocycles. The molecule has 0 aliphatic carbocycles. The van der Waals surface area contributed by atoms with Gasteiger partial charge in [0.1, 0.15) is 13.2 Å². The zero-order chi connectivity index (χ0) is 49.3. The second kappa shape index (κ2) is 56.7. The maximum Gasteiger partial charge on any atom is 0.306 e. The van der Waals surface area contributed by atoms with Crippen LogP contribution in [0.4, 0.5) is 0 Å². The van der Waals surface area contributed by atoms with Crippen LogP contribution in [0.3, 0.4) is 0 Å². The van der Waals surface area contributed by atoms with Crippen LogP contribution in [0.15, 0.2) is 60.8 Å². The molecule has 6 nitrogen and oxygen atoms in total. The maximum atomic E-state index is 12.9. The van der Waals surface area contributed by atoms with Crippen LogP contribution < -0.4 is 0 Å². The molecule has 0 N–H and O–H groups in total. The van der Waals surface area contributed by atoms with Crippen LogP contribution in [0.1, 0.15) is 297 Å². The first kappa shape index (κ1) is 65.1. The fraction of sp³-hybridized carbons (Fsp3) is 0.790. The normalized spacial score (nSPS) is 12.5. The Balaban J connectivity index is 4.42. The van der Waals surface area contributed by atoms with E-state index < -0.39 is 6.10 Å². The molecule has 6 heteroatoms. The molecule has 0 spiro atoms. The van der Waals surface area contributed by atoms with Gasteiger partial charge in [-0.3, -0.25) is 14.4 Å². The van der Waals surface area contributed by atoms with E-state index in [0.29, 0.717) is 19.3 Å². The minimum absolute atomic E-state index is 0.0839. The van der Waals surface area contributed by atoms with E-state index in [1.165, 1.54) is 180 Å². The second-order valence-electron chi connectivity index (χ2n) is 19.6. The number of ether oxygens (including phenoxy) is 3. The van der Waals surface area contributed by atoms with Crippen molar-refractivity contribution in [3.8, 4) is 0 Å². The van der Waals surface area contributed by atoms with Crippen molar-refractivity contribution in [2.75, 3.05) is 13.2 Å². The average Bonchev–Trinajstić information content (AvgIpc) is 3.34. The van der Waals surface area contributed by atoms with E-state index in [9.17, 15) is 14.4 Å². The number of allylic oxidation sites excluding steroid dienone is 10. The van der Waals surface area contributed by atoms with Crippen LogP contribution in [-0.2, 0) is 28.6 Å². The van der Waals surface area contributed by atoms with Crippen molar-refractivity contribution < 1.29 is 28.6 Å². The highest BCUT2D eigenvalue weighted by atomic mass is 16.6. The molecule has 0 fully saturated rings. The van der Waals surface area contributed by atoms with Gasteiger partial charge in [-0.05, 0) is 96.3 Å². The van der Waals surface area contributed by atoms with Gasteiger partial charge in [0.25, 0.3) is 0 Å². The Bertz CT molecular complexity index is 1230. The Morgan fingerprint density at radius 1 is 0.294 bits per heavy atom. The van der Waals surface area contributed by atoms with Crippen LogP contribution in [0.25, 0.3) is 0 Å². The van der Waals surface area contributed by atoms with Crippen LogP contribution in [0.2, 0.25) is 0 Å². The van der Waals surface area contributed by atoms with E-state index in [-0.39, 0.29) is 31.1 Å². The van der Waals surface area contributed by atoms with Gasteiger partial charge in [0.05, 0.1) is 0 Å². The van der Waals surface area contributed by atoms with Crippen molar-refractivity contribution in [2.24, 2.45) is 0 Å². The summed E-state index contributed by atoms with van der Waals surface area (Å²) < 4.78 is 16.9. The van der Waals surface area contributed by atoms with Crippen LogP contribution in [-0.4, -0.2) is 37.2 Å². The van der Waals surface area contributed by atoms with Gasteiger partial charge in [-0.1, -0.05) is 242 Å². The smallest absolute Gasteiger partial charge is 0.306 e. The molecule has 0 bridgehead atoms. The zero-order valence-electron chi connectivity index (χ0n) is 45.1. The largest absolute Gasteiger partial charge is 0.462 e. The molecule has 0 rings (SSSR count). The summed E-state index contributed by atoms with van der Waals surface area (Å²) >= 11 is 0. The van der Waals surface area contributed by atoms with Crippen molar-refractivity contribution >= 4 is 17.9 Å². The lowest BCUT2D eigenvalue weighted by Crippen LogP contribution is -2.30. The van der Waals surface area contributed by atoms with Crippen molar-refractivity contribution in [2.45, 2.75) is 303 Å². The van der Waals surface area contributed by atoms with Gasteiger partial charge in [-0.25, -0.2) is 0 Å². The summed E-state index contributed by atoms with van der Waals surface area (Å²) in [5.74, 6) is -0.901. The molecule has 68 heavy (non-hydrogen) atoms. The highest BCUT2D eigenvalue weighted by molar-refractivity contribution is 5.71. The molecule has 394 valence electrons. The zero-order valence-corrected chi connectivity index (χ0v) is 45.1. The molecular formula is C62H110O6. The Hall–Kier alpha value is -2.89. The highest BCUT2D eigenvalue weighted by Crippen LogP contribution is 2.15. The number of carbonyl (C=O) groups is 3. The summed E-state index contributed by atoms with van der Waals surface area (Å²) in [4.78, 5) is 38.2. The van der Waals surface area contributed by atoms with Gasteiger partial charge in [0.15, 0.2) is 6.10 Å². The molecule has 0 aliphatic rings. The summed E-state index contributed by atoms with van der Waals surface area (Å²) in [5.41, 5.74) is 0. The predicted octanol–water partition coefficient (Wildman–Crippen LogP) is 19.6. The molecule has 0 saturated heterocycles. The summed E-state index contributed by atoms with van der Waals surface area (Å²) in [5, 5.41) is 0. The minimum Gasteiger partial charge on any atom is -0.462 e. The molecule has 0 aromatic rings. The lowest BCUT2D eigenvalue weighted by Gasteiger charge is -2.18. The lowest BCUT2D eigenvalue weighted by molar-refractivity contribution is -0.167. The number of hydrogen-bond acceptors (Lipinski definition) is 6. The third kappa shape index (κ3) is 54.1. The maximum absolute atomic E-state index is 12.9. The van der Waals surface area contributed by atoms with Crippen LogP contribution >= 0.6 is 0 Å². The van der Waals surface area contributed by atoms with Crippen molar-refractivity contribution in [1.82, 2.24) is 0 Å². The van der Waals surface area contributed by atoms with E-state index >= 15 is 0 Å².